The number of aliphatic hydroxyl groups excluding tert-OH is 1. The molecule has 0 heterocycles. The summed E-state index contributed by atoms with van der Waals surface area (Å²) in [7, 11) is 1.00. The number of hydrogen-bond donors (Lipinski definition) is 1. The van der Waals surface area contributed by atoms with Gasteiger partial charge in [-0.3, -0.25) is 0 Å². The normalized spacial score (nSPS) is 7.33. The Kier molecular flexibility index (Phi) is 29.6. The van der Waals surface area contributed by atoms with Crippen LogP contribution < -0.4 is 0 Å². The Morgan fingerprint density at radius 2 is 1.33 bits per heavy atom. The van der Waals surface area contributed by atoms with E-state index in [1.807, 2.05) is 0 Å². The maximum absolute atomic E-state index is 7.00. The fourth-order valence-electron chi connectivity index (χ4n) is 0. The van der Waals surface area contributed by atoms with Crippen LogP contribution in [0.3, 0.4) is 0 Å². The molecule has 0 spiro atoms. The van der Waals surface area contributed by atoms with E-state index in [2.05, 4.69) is 0 Å². The molecule has 0 atom stereocenters. The van der Waals surface area contributed by atoms with Gasteiger partial charge in [-0.2, -0.15) is 0 Å². The van der Waals surface area contributed by atoms with Crippen molar-refractivity contribution in [2.24, 2.45) is 0 Å². The molecule has 0 unspecified atom stereocenters. The Hall–Kier alpha value is 0.280. The smallest absolute Gasteiger partial charge is 0.0319 e. The molecule has 0 radical (unpaired) electrons. The van der Waals surface area contributed by atoms with Crippen molar-refractivity contribution in [1.82, 2.24) is 0 Å². The minimum absolute atomic E-state index is 1.00. The summed E-state index contributed by atoms with van der Waals surface area (Å²) >= 11 is 9.75. The summed E-state index contributed by atoms with van der Waals surface area (Å²) in [6.45, 7) is 0. The first-order valence-corrected chi connectivity index (χ1v) is 2.09. The van der Waals surface area contributed by atoms with Gasteiger partial charge in [-0.1, -0.05) is 23.2 Å². The van der Waals surface area contributed by atoms with Gasteiger partial charge in [-0.25, -0.2) is 0 Å². The van der Waals surface area contributed by atoms with Crippen molar-refractivity contribution >= 4 is 23.2 Å². The van der Waals surface area contributed by atoms with E-state index in [9.17, 15) is 0 Å². The lowest BCUT2D eigenvalue weighted by molar-refractivity contribution is 0.399. The highest BCUT2D eigenvalue weighted by Gasteiger charge is 1.40. The van der Waals surface area contributed by atoms with Crippen molar-refractivity contribution in [3.63, 3.8) is 0 Å². The molecule has 0 aromatic heterocycles. The first-order valence-electron chi connectivity index (χ1n) is 1.22. The first-order chi connectivity index (χ1) is 2.91. The van der Waals surface area contributed by atoms with Gasteiger partial charge in [-0.05, 0) is 0 Å². The van der Waals surface area contributed by atoms with Gasteiger partial charge in [0.25, 0.3) is 0 Å². The molecular formula is C3H6Cl2O. The van der Waals surface area contributed by atoms with Crippen LogP contribution in [-0.2, 0) is 0 Å². The van der Waals surface area contributed by atoms with Crippen LogP contribution in [0.25, 0.3) is 0 Å². The van der Waals surface area contributed by atoms with Gasteiger partial charge in [0.15, 0.2) is 0 Å². The summed E-state index contributed by atoms with van der Waals surface area (Å²) in [5.74, 6) is 0. The van der Waals surface area contributed by atoms with Gasteiger partial charge in [0.05, 0.1) is 0 Å². The topological polar surface area (TPSA) is 20.2 Å². The van der Waals surface area contributed by atoms with Crippen molar-refractivity contribution in [3.05, 3.63) is 11.1 Å². The maximum Gasteiger partial charge on any atom is 0.0319 e. The zero-order chi connectivity index (χ0) is 5.41. The molecule has 0 saturated carbocycles. The highest BCUT2D eigenvalue weighted by atomic mass is 35.5. The molecule has 1 N–H and O–H groups in total. The van der Waals surface area contributed by atoms with E-state index in [1.54, 1.807) is 0 Å². The predicted molar refractivity (Wildman–Crippen MR) is 29.0 cm³/mol. The largest absolute Gasteiger partial charge is 0.400 e. The van der Waals surface area contributed by atoms with Gasteiger partial charge in [0, 0.05) is 18.2 Å². The summed E-state index contributed by atoms with van der Waals surface area (Å²) < 4.78 is 0. The molecule has 38 valence electrons. The molecule has 0 aromatic rings. The lowest BCUT2D eigenvalue weighted by Crippen LogP contribution is -1.25. The van der Waals surface area contributed by atoms with Gasteiger partial charge in [0.1, 0.15) is 0 Å². The standard InChI is InChI=1S/C2H2Cl2.CH4O/c3-1-2-4;1-2/h1-2H;2H,1H3. The van der Waals surface area contributed by atoms with E-state index in [4.69, 9.17) is 28.3 Å². The predicted octanol–water partition coefficient (Wildman–Crippen LogP) is 1.54. The van der Waals surface area contributed by atoms with E-state index in [-0.39, 0.29) is 0 Å². The highest BCUT2D eigenvalue weighted by Crippen LogP contribution is 1.78. The van der Waals surface area contributed by atoms with Crippen LogP contribution in [0.5, 0.6) is 0 Å². The average Bonchev–Trinajstić information content (AvgIpc) is 1.72. The molecule has 3 heteroatoms. The van der Waals surface area contributed by atoms with Gasteiger partial charge in [0.2, 0.25) is 0 Å². The number of rotatable bonds is 0. The van der Waals surface area contributed by atoms with Crippen molar-refractivity contribution in [3.8, 4) is 0 Å². The van der Waals surface area contributed by atoms with Crippen LogP contribution in [0.4, 0.5) is 0 Å². The molecule has 0 amide bonds. The summed E-state index contributed by atoms with van der Waals surface area (Å²) in [6.07, 6.45) is 0. The van der Waals surface area contributed by atoms with Crippen molar-refractivity contribution < 1.29 is 5.11 Å². The summed E-state index contributed by atoms with van der Waals surface area (Å²) in [5.41, 5.74) is 2.48. The Morgan fingerprint density at radius 1 is 1.17 bits per heavy atom. The molecule has 0 bridgehead atoms. The van der Waals surface area contributed by atoms with Crippen LogP contribution in [0, 0.1) is 0 Å². The second-order valence-electron chi connectivity index (χ2n) is 0.252. The van der Waals surface area contributed by atoms with Crippen LogP contribution >= 0.6 is 23.2 Å². The summed E-state index contributed by atoms with van der Waals surface area (Å²) in [4.78, 5) is 0. The number of hydrogen-bond acceptors (Lipinski definition) is 1. The van der Waals surface area contributed by atoms with Gasteiger partial charge in [-0.15, -0.1) is 0 Å². The number of halogens is 2. The minimum Gasteiger partial charge on any atom is -0.400 e. The monoisotopic (exact) mass is 128 g/mol. The van der Waals surface area contributed by atoms with Crippen LogP contribution in [-0.4, -0.2) is 12.2 Å². The molecule has 0 aromatic carbocycles. The van der Waals surface area contributed by atoms with Crippen molar-refractivity contribution in [2.45, 2.75) is 0 Å². The third kappa shape index (κ3) is 28.1. The molecule has 0 aliphatic heterocycles. The Bertz CT molecular complexity index is 24.0. The lowest BCUT2D eigenvalue weighted by atomic mass is 11.3. The van der Waals surface area contributed by atoms with E-state index >= 15 is 0 Å². The van der Waals surface area contributed by atoms with E-state index < -0.39 is 0 Å². The highest BCUT2D eigenvalue weighted by molar-refractivity contribution is 6.33. The molecule has 1 nitrogen and oxygen atoms in total. The molecular weight excluding hydrogens is 123 g/mol. The van der Waals surface area contributed by atoms with Crippen LogP contribution in [0.1, 0.15) is 0 Å². The third-order valence-corrected chi connectivity index (χ3v) is 0.429. The first kappa shape index (κ1) is 9.56. The van der Waals surface area contributed by atoms with Gasteiger partial charge >= 0.3 is 0 Å². The van der Waals surface area contributed by atoms with Gasteiger partial charge < -0.3 is 5.11 Å². The lowest BCUT2D eigenvalue weighted by Gasteiger charge is -1.44. The SMILES string of the molecule is CO.ClC=CCl. The average molecular weight is 129 g/mol. The summed E-state index contributed by atoms with van der Waals surface area (Å²) in [6, 6.07) is 0. The fourth-order valence-corrected chi connectivity index (χ4v) is 0. The molecule has 0 rings (SSSR count). The number of aliphatic hydroxyl groups is 1. The van der Waals surface area contributed by atoms with Crippen molar-refractivity contribution in [1.29, 1.82) is 0 Å². The Balaban J connectivity index is 0. The van der Waals surface area contributed by atoms with Crippen LogP contribution in [0.2, 0.25) is 0 Å². The summed E-state index contributed by atoms with van der Waals surface area (Å²) in [5, 5.41) is 7.00. The third-order valence-electron chi connectivity index (χ3n) is 0.0476. The zero-order valence-corrected chi connectivity index (χ0v) is 4.87. The van der Waals surface area contributed by atoms with Crippen molar-refractivity contribution in [2.75, 3.05) is 7.11 Å². The van der Waals surface area contributed by atoms with E-state index in [1.165, 1.54) is 11.1 Å². The second-order valence-corrected chi connectivity index (χ2v) is 0.756. The molecule has 0 aliphatic rings. The van der Waals surface area contributed by atoms with E-state index in [0.717, 1.165) is 7.11 Å². The minimum atomic E-state index is 1.00. The molecule has 0 aliphatic carbocycles. The van der Waals surface area contributed by atoms with E-state index in [0.29, 0.717) is 0 Å². The zero-order valence-electron chi connectivity index (χ0n) is 3.36. The maximum atomic E-state index is 7.00. The quantitative estimate of drug-likeness (QED) is 0.525. The Morgan fingerprint density at radius 3 is 1.33 bits per heavy atom. The Labute approximate surface area is 47.2 Å². The van der Waals surface area contributed by atoms with Crippen LogP contribution in [0.15, 0.2) is 11.1 Å². The molecule has 0 saturated heterocycles. The molecule has 0 fully saturated rings. The fraction of sp³-hybridized carbons (Fsp3) is 0.333. The molecule has 6 heavy (non-hydrogen) atoms. The second kappa shape index (κ2) is 18.6.